The highest BCUT2D eigenvalue weighted by atomic mass is 19.1. The molecule has 90 valence electrons. The fourth-order valence-electron chi connectivity index (χ4n) is 1.33. The Balaban J connectivity index is 2.96. The molecule has 4 N–H and O–H groups in total. The number of aliphatic hydroxyl groups is 1. The second-order valence-corrected chi connectivity index (χ2v) is 4.03. The van der Waals surface area contributed by atoms with Crippen LogP contribution < -0.4 is 11.1 Å². The predicted molar refractivity (Wildman–Crippen MR) is 60.1 cm³/mol. The van der Waals surface area contributed by atoms with Crippen molar-refractivity contribution in [3.63, 3.8) is 0 Å². The lowest BCUT2D eigenvalue weighted by atomic mass is 10.0. The van der Waals surface area contributed by atoms with Gasteiger partial charge in [0.2, 0.25) is 0 Å². The molecule has 0 aliphatic rings. The van der Waals surface area contributed by atoms with Crippen molar-refractivity contribution in [2.45, 2.75) is 19.9 Å². The molecule has 3 nitrogen and oxygen atoms in total. The molecule has 0 spiro atoms. The number of halogens is 2. The van der Waals surface area contributed by atoms with Crippen LogP contribution in [-0.4, -0.2) is 17.8 Å². The predicted octanol–water partition coefficient (Wildman–Crippen LogP) is 1.98. The SMILES string of the molecule is CC(C)C(CO)Nc1cc(F)cc(F)c1N. The average Bonchev–Trinajstić information content (AvgIpc) is 2.20. The van der Waals surface area contributed by atoms with E-state index in [2.05, 4.69) is 5.32 Å². The summed E-state index contributed by atoms with van der Waals surface area (Å²) in [5, 5.41) is 11.9. The van der Waals surface area contributed by atoms with Gasteiger partial charge in [-0.15, -0.1) is 0 Å². The molecular formula is C11H16F2N2O. The molecule has 0 heterocycles. The first-order valence-electron chi connectivity index (χ1n) is 5.07. The minimum Gasteiger partial charge on any atom is -0.395 e. The Labute approximate surface area is 93.3 Å². The molecule has 1 rings (SSSR count). The lowest BCUT2D eigenvalue weighted by molar-refractivity contribution is 0.249. The highest BCUT2D eigenvalue weighted by Gasteiger charge is 2.15. The molecule has 0 bridgehead atoms. The van der Waals surface area contributed by atoms with Crippen LogP contribution in [0.3, 0.4) is 0 Å². The maximum atomic E-state index is 13.1. The average molecular weight is 230 g/mol. The summed E-state index contributed by atoms with van der Waals surface area (Å²) in [4.78, 5) is 0. The number of nitrogen functional groups attached to an aromatic ring is 1. The number of hydrogen-bond donors (Lipinski definition) is 3. The number of nitrogens with one attached hydrogen (secondary N) is 1. The van der Waals surface area contributed by atoms with Crippen molar-refractivity contribution < 1.29 is 13.9 Å². The van der Waals surface area contributed by atoms with Crippen LogP contribution in [0.5, 0.6) is 0 Å². The first-order valence-corrected chi connectivity index (χ1v) is 5.07. The third-order valence-electron chi connectivity index (χ3n) is 2.44. The Morgan fingerprint density at radius 3 is 2.50 bits per heavy atom. The monoisotopic (exact) mass is 230 g/mol. The summed E-state index contributed by atoms with van der Waals surface area (Å²) in [5.74, 6) is -1.38. The number of aliphatic hydroxyl groups excluding tert-OH is 1. The molecule has 0 aliphatic heterocycles. The van der Waals surface area contributed by atoms with Crippen molar-refractivity contribution in [1.82, 2.24) is 0 Å². The van der Waals surface area contributed by atoms with Crippen LogP contribution in [0.4, 0.5) is 20.2 Å². The number of anilines is 2. The van der Waals surface area contributed by atoms with Crippen LogP contribution in [0.15, 0.2) is 12.1 Å². The van der Waals surface area contributed by atoms with Crippen molar-refractivity contribution >= 4 is 11.4 Å². The molecule has 0 radical (unpaired) electrons. The van der Waals surface area contributed by atoms with Gasteiger partial charge in [0.25, 0.3) is 0 Å². The van der Waals surface area contributed by atoms with Gasteiger partial charge in [-0.25, -0.2) is 8.78 Å². The van der Waals surface area contributed by atoms with Crippen LogP contribution in [0, 0.1) is 17.6 Å². The molecule has 0 fully saturated rings. The molecule has 1 unspecified atom stereocenters. The molecule has 0 amide bonds. The summed E-state index contributed by atoms with van der Waals surface area (Å²) in [7, 11) is 0. The van der Waals surface area contributed by atoms with E-state index < -0.39 is 11.6 Å². The molecule has 0 aromatic heterocycles. The normalized spacial score (nSPS) is 12.9. The van der Waals surface area contributed by atoms with Gasteiger partial charge in [-0.3, -0.25) is 0 Å². The van der Waals surface area contributed by atoms with E-state index in [1.165, 1.54) is 0 Å². The highest BCUT2D eigenvalue weighted by molar-refractivity contribution is 5.67. The zero-order valence-corrected chi connectivity index (χ0v) is 9.30. The Morgan fingerprint density at radius 2 is 2.00 bits per heavy atom. The van der Waals surface area contributed by atoms with Crippen molar-refractivity contribution in [1.29, 1.82) is 0 Å². The van der Waals surface area contributed by atoms with E-state index in [-0.39, 0.29) is 29.9 Å². The molecule has 1 atom stereocenters. The molecule has 0 aliphatic carbocycles. The highest BCUT2D eigenvalue weighted by Crippen LogP contribution is 2.25. The summed E-state index contributed by atoms with van der Waals surface area (Å²) in [6.45, 7) is 3.65. The fraction of sp³-hybridized carbons (Fsp3) is 0.455. The molecule has 0 saturated carbocycles. The van der Waals surface area contributed by atoms with E-state index in [1.807, 2.05) is 13.8 Å². The Hall–Kier alpha value is -1.36. The van der Waals surface area contributed by atoms with Gasteiger partial charge < -0.3 is 16.2 Å². The first kappa shape index (κ1) is 12.7. The van der Waals surface area contributed by atoms with Gasteiger partial charge in [-0.2, -0.15) is 0 Å². The first-order chi connectivity index (χ1) is 7.45. The maximum Gasteiger partial charge on any atom is 0.151 e. The van der Waals surface area contributed by atoms with Crippen LogP contribution in [0.1, 0.15) is 13.8 Å². The summed E-state index contributed by atoms with van der Waals surface area (Å²) >= 11 is 0. The van der Waals surface area contributed by atoms with Crippen LogP contribution >= 0.6 is 0 Å². The second-order valence-electron chi connectivity index (χ2n) is 4.03. The standard InChI is InChI=1S/C11H16F2N2O/c1-6(2)10(5-16)15-9-4-7(12)3-8(13)11(9)14/h3-4,6,10,15-16H,5,14H2,1-2H3. The van der Waals surface area contributed by atoms with Gasteiger partial charge in [0, 0.05) is 6.07 Å². The van der Waals surface area contributed by atoms with Crippen LogP contribution in [0.25, 0.3) is 0 Å². The number of rotatable bonds is 4. The number of benzene rings is 1. The van der Waals surface area contributed by atoms with E-state index in [0.717, 1.165) is 12.1 Å². The summed E-state index contributed by atoms with van der Waals surface area (Å²) in [6, 6.07) is 1.55. The third-order valence-corrected chi connectivity index (χ3v) is 2.44. The zero-order valence-electron chi connectivity index (χ0n) is 9.30. The Kier molecular flexibility index (Phi) is 4.06. The maximum absolute atomic E-state index is 13.1. The number of hydrogen-bond acceptors (Lipinski definition) is 3. The van der Waals surface area contributed by atoms with Gasteiger partial charge in [-0.1, -0.05) is 13.8 Å². The summed E-state index contributed by atoms with van der Waals surface area (Å²) in [6.07, 6.45) is 0. The topological polar surface area (TPSA) is 58.3 Å². The quantitative estimate of drug-likeness (QED) is 0.693. The molecular weight excluding hydrogens is 214 g/mol. The summed E-state index contributed by atoms with van der Waals surface area (Å²) in [5.41, 5.74) is 5.50. The largest absolute Gasteiger partial charge is 0.395 e. The summed E-state index contributed by atoms with van der Waals surface area (Å²) < 4.78 is 26.1. The Morgan fingerprint density at radius 1 is 1.38 bits per heavy atom. The van der Waals surface area contributed by atoms with Crippen LogP contribution in [-0.2, 0) is 0 Å². The minimum atomic E-state index is -0.803. The minimum absolute atomic E-state index is 0.121. The van der Waals surface area contributed by atoms with Crippen molar-refractivity contribution in [2.75, 3.05) is 17.7 Å². The van der Waals surface area contributed by atoms with E-state index in [1.54, 1.807) is 0 Å². The second kappa shape index (κ2) is 5.12. The fourth-order valence-corrected chi connectivity index (χ4v) is 1.33. The molecule has 16 heavy (non-hydrogen) atoms. The van der Waals surface area contributed by atoms with E-state index in [4.69, 9.17) is 10.8 Å². The van der Waals surface area contributed by atoms with Crippen molar-refractivity contribution in [3.05, 3.63) is 23.8 Å². The third kappa shape index (κ3) is 2.82. The van der Waals surface area contributed by atoms with Gasteiger partial charge in [-0.05, 0) is 12.0 Å². The molecule has 1 aromatic rings. The van der Waals surface area contributed by atoms with Gasteiger partial charge >= 0.3 is 0 Å². The smallest absolute Gasteiger partial charge is 0.151 e. The van der Waals surface area contributed by atoms with Crippen LogP contribution in [0.2, 0.25) is 0 Å². The van der Waals surface area contributed by atoms with E-state index in [0.29, 0.717) is 0 Å². The Bertz CT molecular complexity index is 369. The van der Waals surface area contributed by atoms with E-state index in [9.17, 15) is 8.78 Å². The van der Waals surface area contributed by atoms with Gasteiger partial charge in [0.05, 0.1) is 24.0 Å². The van der Waals surface area contributed by atoms with E-state index >= 15 is 0 Å². The number of nitrogens with two attached hydrogens (primary N) is 1. The van der Waals surface area contributed by atoms with Crippen molar-refractivity contribution in [3.8, 4) is 0 Å². The molecule has 1 aromatic carbocycles. The zero-order chi connectivity index (χ0) is 12.3. The van der Waals surface area contributed by atoms with Gasteiger partial charge in [0.1, 0.15) is 5.82 Å². The lowest BCUT2D eigenvalue weighted by Crippen LogP contribution is -2.30. The van der Waals surface area contributed by atoms with Gasteiger partial charge in [0.15, 0.2) is 5.82 Å². The molecule has 0 saturated heterocycles. The lowest BCUT2D eigenvalue weighted by Gasteiger charge is -2.22. The van der Waals surface area contributed by atoms with Crippen molar-refractivity contribution in [2.24, 2.45) is 5.92 Å². The molecule has 5 heteroatoms.